The number of hydrogen-bond acceptors (Lipinski definition) is 5. The maximum Gasteiger partial charge on any atom is 0.277 e. The Labute approximate surface area is 172 Å². The van der Waals surface area contributed by atoms with Crippen molar-refractivity contribution in [1.29, 1.82) is 0 Å². The predicted molar refractivity (Wildman–Crippen MR) is 115 cm³/mol. The van der Waals surface area contributed by atoms with E-state index in [1.54, 1.807) is 24.5 Å². The lowest BCUT2D eigenvalue weighted by Gasteiger charge is -2.12. The van der Waals surface area contributed by atoms with E-state index in [0.29, 0.717) is 16.8 Å². The molecule has 0 unspecified atom stereocenters. The molecule has 2 heterocycles. The Morgan fingerprint density at radius 3 is 2.30 bits per heavy atom. The van der Waals surface area contributed by atoms with Crippen LogP contribution < -0.4 is 11.0 Å². The number of pyridine rings is 1. The standard InChI is InChI=1S/C23H17N5O2/c29-22(27-25-15-16-8-7-13-24-14-16)20-19(17-9-3-1-4-10-17)21(26-28-23(20)30)18-11-5-2-6-12-18/h1-15H,(H,27,29)(H,28,30)/b25-15-. The fourth-order valence-electron chi connectivity index (χ4n) is 3.03. The summed E-state index contributed by atoms with van der Waals surface area (Å²) in [4.78, 5) is 29.6. The number of nitrogens with zero attached hydrogens (tertiary/aromatic N) is 3. The first-order valence-electron chi connectivity index (χ1n) is 9.21. The molecule has 0 aliphatic carbocycles. The molecule has 0 aliphatic heterocycles. The Hall–Kier alpha value is -4.39. The summed E-state index contributed by atoms with van der Waals surface area (Å²) in [5.41, 5.74) is 4.93. The summed E-state index contributed by atoms with van der Waals surface area (Å²) in [5, 5.41) is 10.6. The van der Waals surface area contributed by atoms with Crippen LogP contribution in [0.4, 0.5) is 0 Å². The molecule has 7 nitrogen and oxygen atoms in total. The van der Waals surface area contributed by atoms with Crippen molar-refractivity contribution in [2.75, 3.05) is 0 Å². The molecule has 30 heavy (non-hydrogen) atoms. The van der Waals surface area contributed by atoms with Gasteiger partial charge in [0.15, 0.2) is 0 Å². The molecule has 0 fully saturated rings. The van der Waals surface area contributed by atoms with E-state index in [1.165, 1.54) is 6.21 Å². The summed E-state index contributed by atoms with van der Waals surface area (Å²) in [6.45, 7) is 0. The third kappa shape index (κ3) is 4.05. The average molecular weight is 395 g/mol. The van der Waals surface area contributed by atoms with Gasteiger partial charge in [0, 0.05) is 29.1 Å². The molecule has 2 aromatic carbocycles. The SMILES string of the molecule is O=C(N/N=C\c1cccnc1)c1c(-c2ccccc2)c(-c2ccccc2)n[nH]c1=O. The van der Waals surface area contributed by atoms with Gasteiger partial charge in [-0.15, -0.1) is 0 Å². The van der Waals surface area contributed by atoms with Crippen molar-refractivity contribution in [2.24, 2.45) is 5.10 Å². The van der Waals surface area contributed by atoms with Crippen molar-refractivity contribution in [3.05, 3.63) is 107 Å². The second-order valence-electron chi connectivity index (χ2n) is 6.37. The number of rotatable bonds is 5. The second-order valence-corrected chi connectivity index (χ2v) is 6.37. The molecule has 7 heteroatoms. The highest BCUT2D eigenvalue weighted by Crippen LogP contribution is 2.31. The number of aromatic amines is 1. The number of benzene rings is 2. The first kappa shape index (κ1) is 18.9. The number of carbonyl (C=O) groups is 1. The molecule has 0 radical (unpaired) electrons. The molecule has 0 saturated carbocycles. The molecular weight excluding hydrogens is 378 g/mol. The Morgan fingerprint density at radius 1 is 0.933 bits per heavy atom. The molecule has 4 rings (SSSR count). The molecule has 0 spiro atoms. The number of nitrogens with one attached hydrogen (secondary N) is 2. The topological polar surface area (TPSA) is 100 Å². The molecule has 0 saturated heterocycles. The van der Waals surface area contributed by atoms with E-state index in [9.17, 15) is 9.59 Å². The Morgan fingerprint density at radius 2 is 1.63 bits per heavy atom. The molecule has 0 aliphatic rings. The van der Waals surface area contributed by atoms with Crippen LogP contribution in [-0.4, -0.2) is 27.3 Å². The van der Waals surface area contributed by atoms with Gasteiger partial charge in [-0.1, -0.05) is 66.7 Å². The van der Waals surface area contributed by atoms with Crippen LogP contribution in [0.2, 0.25) is 0 Å². The van der Waals surface area contributed by atoms with Crippen LogP contribution in [0.15, 0.2) is 95.1 Å². The van der Waals surface area contributed by atoms with Crippen molar-refractivity contribution in [3.63, 3.8) is 0 Å². The van der Waals surface area contributed by atoms with Crippen LogP contribution in [0.3, 0.4) is 0 Å². The first-order chi connectivity index (χ1) is 14.7. The lowest BCUT2D eigenvalue weighted by atomic mass is 9.95. The number of hydrazone groups is 1. The summed E-state index contributed by atoms with van der Waals surface area (Å²) in [5.74, 6) is -0.630. The van der Waals surface area contributed by atoms with E-state index < -0.39 is 11.5 Å². The number of H-pyrrole nitrogens is 1. The lowest BCUT2D eigenvalue weighted by Crippen LogP contribution is -2.28. The molecule has 0 atom stereocenters. The summed E-state index contributed by atoms with van der Waals surface area (Å²) >= 11 is 0. The summed E-state index contributed by atoms with van der Waals surface area (Å²) < 4.78 is 0. The van der Waals surface area contributed by atoms with Crippen molar-refractivity contribution in [2.45, 2.75) is 0 Å². The third-order valence-electron chi connectivity index (χ3n) is 4.38. The van der Waals surface area contributed by atoms with Gasteiger partial charge in [0.05, 0.1) is 11.9 Å². The molecular formula is C23H17N5O2. The van der Waals surface area contributed by atoms with Crippen molar-refractivity contribution in [3.8, 4) is 22.4 Å². The van der Waals surface area contributed by atoms with E-state index >= 15 is 0 Å². The summed E-state index contributed by atoms with van der Waals surface area (Å²) in [6.07, 6.45) is 4.71. The van der Waals surface area contributed by atoms with E-state index in [1.807, 2.05) is 60.7 Å². The molecule has 2 aromatic heterocycles. The fraction of sp³-hybridized carbons (Fsp3) is 0. The van der Waals surface area contributed by atoms with Crippen molar-refractivity contribution < 1.29 is 4.79 Å². The predicted octanol–water partition coefficient (Wildman–Crippen LogP) is 3.26. The molecule has 2 N–H and O–H groups in total. The van der Waals surface area contributed by atoms with Crippen LogP contribution in [0.1, 0.15) is 15.9 Å². The van der Waals surface area contributed by atoms with E-state index in [4.69, 9.17) is 0 Å². The van der Waals surface area contributed by atoms with Crippen LogP contribution >= 0.6 is 0 Å². The van der Waals surface area contributed by atoms with Crippen LogP contribution in [0.25, 0.3) is 22.4 Å². The minimum atomic E-state index is -0.630. The third-order valence-corrected chi connectivity index (χ3v) is 4.38. The first-order valence-corrected chi connectivity index (χ1v) is 9.21. The fourth-order valence-corrected chi connectivity index (χ4v) is 3.03. The number of carbonyl (C=O) groups excluding carboxylic acids is 1. The van der Waals surface area contributed by atoms with Gasteiger partial charge in [-0.25, -0.2) is 10.5 Å². The van der Waals surface area contributed by atoms with Gasteiger partial charge in [-0.3, -0.25) is 14.6 Å². The van der Waals surface area contributed by atoms with Gasteiger partial charge in [-0.2, -0.15) is 10.2 Å². The molecule has 1 amide bonds. The monoisotopic (exact) mass is 395 g/mol. The van der Waals surface area contributed by atoms with E-state index in [0.717, 1.165) is 11.1 Å². The number of amides is 1. The maximum atomic E-state index is 12.9. The van der Waals surface area contributed by atoms with Crippen LogP contribution in [0.5, 0.6) is 0 Å². The highest BCUT2D eigenvalue weighted by molar-refractivity contribution is 6.03. The second kappa shape index (κ2) is 8.74. The minimum Gasteiger partial charge on any atom is -0.267 e. The zero-order valence-corrected chi connectivity index (χ0v) is 15.8. The highest BCUT2D eigenvalue weighted by Gasteiger charge is 2.22. The quantitative estimate of drug-likeness (QED) is 0.400. The Kier molecular flexibility index (Phi) is 5.52. The maximum absolute atomic E-state index is 12.9. The van der Waals surface area contributed by atoms with Gasteiger partial charge >= 0.3 is 0 Å². The van der Waals surface area contributed by atoms with Gasteiger partial charge < -0.3 is 0 Å². The largest absolute Gasteiger partial charge is 0.277 e. The van der Waals surface area contributed by atoms with Gasteiger partial charge in [-0.05, 0) is 11.6 Å². The zero-order chi connectivity index (χ0) is 20.8. The van der Waals surface area contributed by atoms with Crippen LogP contribution in [0, 0.1) is 0 Å². The van der Waals surface area contributed by atoms with E-state index in [-0.39, 0.29) is 5.56 Å². The smallest absolute Gasteiger partial charge is 0.267 e. The van der Waals surface area contributed by atoms with E-state index in [2.05, 4.69) is 25.7 Å². The average Bonchev–Trinajstić information content (AvgIpc) is 2.80. The summed E-state index contributed by atoms with van der Waals surface area (Å²) in [7, 11) is 0. The number of hydrogen-bond donors (Lipinski definition) is 2. The lowest BCUT2D eigenvalue weighted by molar-refractivity contribution is 0.0954. The van der Waals surface area contributed by atoms with Crippen LogP contribution in [-0.2, 0) is 0 Å². The molecule has 0 bridgehead atoms. The molecule has 4 aromatic rings. The summed E-state index contributed by atoms with van der Waals surface area (Å²) in [6, 6.07) is 22.1. The zero-order valence-electron chi connectivity index (χ0n) is 15.8. The highest BCUT2D eigenvalue weighted by atomic mass is 16.2. The van der Waals surface area contributed by atoms with Gasteiger partial charge in [0.25, 0.3) is 11.5 Å². The van der Waals surface area contributed by atoms with Gasteiger partial charge in [0.1, 0.15) is 5.56 Å². The van der Waals surface area contributed by atoms with Gasteiger partial charge in [0.2, 0.25) is 0 Å². The van der Waals surface area contributed by atoms with Crippen molar-refractivity contribution in [1.82, 2.24) is 20.6 Å². The Balaban J connectivity index is 1.79. The normalized spacial score (nSPS) is 10.8. The molecule has 146 valence electrons. The Bertz CT molecular complexity index is 1240. The van der Waals surface area contributed by atoms with Crippen molar-refractivity contribution >= 4 is 12.1 Å². The number of aromatic nitrogens is 3. The minimum absolute atomic E-state index is 0.0570.